The van der Waals surface area contributed by atoms with Gasteiger partial charge in [-0.05, 0) is 29.7 Å². The Morgan fingerprint density at radius 2 is 2.40 bits per heavy atom. The quantitative estimate of drug-likeness (QED) is 0.780. The van der Waals surface area contributed by atoms with E-state index in [-0.39, 0.29) is 11.3 Å². The Morgan fingerprint density at radius 3 is 3.25 bits per heavy atom. The number of methoxy groups -OCH3 is 1. The van der Waals surface area contributed by atoms with Crippen LogP contribution < -0.4 is 4.74 Å². The fraction of sp³-hybridized carbons (Fsp3) is 0.533. The molecule has 1 atom stereocenters. The van der Waals surface area contributed by atoms with Gasteiger partial charge in [0.2, 0.25) is 5.91 Å². The first kappa shape index (κ1) is 13.8. The third-order valence-corrected chi connectivity index (χ3v) is 4.97. The number of nitrogens with zero attached hydrogens (tertiary/aromatic N) is 1. The highest BCUT2D eigenvalue weighted by Gasteiger charge is 2.32. The maximum absolute atomic E-state index is 12.0. The predicted octanol–water partition coefficient (Wildman–Crippen LogP) is 2.23. The molecule has 1 fully saturated rings. The molecule has 2 aliphatic heterocycles. The lowest BCUT2D eigenvalue weighted by atomic mass is 10.1. The predicted molar refractivity (Wildman–Crippen MR) is 79.0 cm³/mol. The number of benzene rings is 1. The van der Waals surface area contributed by atoms with Gasteiger partial charge in [0.05, 0.1) is 12.4 Å². The van der Waals surface area contributed by atoms with Crippen molar-refractivity contribution in [3.05, 3.63) is 29.3 Å². The first-order valence-corrected chi connectivity index (χ1v) is 8.00. The van der Waals surface area contributed by atoms with Crippen molar-refractivity contribution in [1.82, 2.24) is 4.90 Å². The number of fused-ring (bicyclic) bond motifs is 1. The van der Waals surface area contributed by atoms with Crippen LogP contribution in [0.15, 0.2) is 18.2 Å². The molecular weight excluding hydrogens is 274 g/mol. The Morgan fingerprint density at radius 1 is 1.50 bits per heavy atom. The minimum atomic E-state index is 0.144. The van der Waals surface area contributed by atoms with E-state index in [1.165, 1.54) is 11.1 Å². The van der Waals surface area contributed by atoms with E-state index < -0.39 is 0 Å². The zero-order chi connectivity index (χ0) is 13.9. The van der Waals surface area contributed by atoms with Crippen molar-refractivity contribution < 1.29 is 14.3 Å². The Kier molecular flexibility index (Phi) is 4.17. The summed E-state index contributed by atoms with van der Waals surface area (Å²) in [5, 5.41) is 0.144. The zero-order valence-electron chi connectivity index (χ0n) is 11.6. The van der Waals surface area contributed by atoms with Gasteiger partial charge in [-0.15, -0.1) is 11.8 Å². The van der Waals surface area contributed by atoms with Crippen molar-refractivity contribution in [2.24, 2.45) is 0 Å². The highest BCUT2D eigenvalue weighted by atomic mass is 32.2. The Labute approximate surface area is 123 Å². The summed E-state index contributed by atoms with van der Waals surface area (Å²) < 4.78 is 10.6. The Hall–Kier alpha value is -1.20. The monoisotopic (exact) mass is 293 g/mol. The van der Waals surface area contributed by atoms with Crippen molar-refractivity contribution >= 4 is 17.7 Å². The van der Waals surface area contributed by atoms with Gasteiger partial charge in [0.25, 0.3) is 0 Å². The first-order chi connectivity index (χ1) is 9.79. The summed E-state index contributed by atoms with van der Waals surface area (Å²) in [6, 6.07) is 6.32. The SMILES string of the molecule is COCCCN1C(=O)CSC1c1ccc2c(c1)CCO2. The molecule has 2 heterocycles. The maximum Gasteiger partial charge on any atom is 0.233 e. The molecule has 2 aliphatic rings. The molecule has 1 saturated heterocycles. The fourth-order valence-electron chi connectivity index (χ4n) is 2.71. The van der Waals surface area contributed by atoms with Crippen molar-refractivity contribution in [3.8, 4) is 5.75 Å². The first-order valence-electron chi connectivity index (χ1n) is 6.95. The van der Waals surface area contributed by atoms with Crippen LogP contribution in [0.2, 0.25) is 0 Å². The van der Waals surface area contributed by atoms with Crippen LogP contribution in [0.25, 0.3) is 0 Å². The van der Waals surface area contributed by atoms with E-state index in [1.807, 2.05) is 11.0 Å². The summed E-state index contributed by atoms with van der Waals surface area (Å²) in [5.41, 5.74) is 2.47. The summed E-state index contributed by atoms with van der Waals surface area (Å²) in [6.45, 7) is 2.23. The van der Waals surface area contributed by atoms with Crippen molar-refractivity contribution in [1.29, 1.82) is 0 Å². The van der Waals surface area contributed by atoms with Crippen LogP contribution in [0.4, 0.5) is 0 Å². The average Bonchev–Trinajstić information content (AvgIpc) is 3.05. The number of ether oxygens (including phenoxy) is 2. The smallest absolute Gasteiger partial charge is 0.233 e. The molecule has 5 heteroatoms. The maximum atomic E-state index is 12.0. The molecule has 1 unspecified atom stereocenters. The van der Waals surface area contributed by atoms with Crippen LogP contribution in [-0.2, 0) is 16.0 Å². The van der Waals surface area contributed by atoms with Crippen LogP contribution in [-0.4, -0.2) is 43.4 Å². The lowest BCUT2D eigenvalue weighted by molar-refractivity contribution is -0.128. The lowest BCUT2D eigenvalue weighted by Crippen LogP contribution is -2.29. The molecule has 1 amide bonds. The van der Waals surface area contributed by atoms with Gasteiger partial charge in [-0.25, -0.2) is 0 Å². The third-order valence-electron chi connectivity index (χ3n) is 3.71. The number of rotatable bonds is 5. The normalized spacial score (nSPS) is 21.1. The largest absolute Gasteiger partial charge is 0.493 e. The molecular formula is C15H19NO3S. The van der Waals surface area contributed by atoms with Gasteiger partial charge in [-0.1, -0.05) is 6.07 Å². The van der Waals surface area contributed by atoms with E-state index in [4.69, 9.17) is 9.47 Å². The molecule has 0 radical (unpaired) electrons. The number of hydrogen-bond acceptors (Lipinski definition) is 4. The number of hydrogen-bond donors (Lipinski definition) is 0. The number of carbonyl (C=O) groups excluding carboxylic acids is 1. The van der Waals surface area contributed by atoms with Gasteiger partial charge in [0.1, 0.15) is 11.1 Å². The second-order valence-electron chi connectivity index (χ2n) is 5.06. The molecule has 0 spiro atoms. The third kappa shape index (κ3) is 2.65. The summed E-state index contributed by atoms with van der Waals surface area (Å²) in [4.78, 5) is 14.0. The van der Waals surface area contributed by atoms with E-state index in [2.05, 4.69) is 12.1 Å². The highest BCUT2D eigenvalue weighted by molar-refractivity contribution is 8.00. The summed E-state index contributed by atoms with van der Waals surface area (Å²) in [7, 11) is 1.69. The number of amides is 1. The van der Waals surface area contributed by atoms with E-state index in [0.717, 1.165) is 31.7 Å². The second kappa shape index (κ2) is 6.06. The molecule has 0 aromatic heterocycles. The molecule has 0 N–H and O–H groups in total. The van der Waals surface area contributed by atoms with Gasteiger partial charge < -0.3 is 14.4 Å². The van der Waals surface area contributed by atoms with E-state index >= 15 is 0 Å². The van der Waals surface area contributed by atoms with Crippen molar-refractivity contribution in [3.63, 3.8) is 0 Å². The molecule has 4 nitrogen and oxygen atoms in total. The average molecular weight is 293 g/mol. The lowest BCUT2D eigenvalue weighted by Gasteiger charge is -2.24. The van der Waals surface area contributed by atoms with Gasteiger partial charge in [0, 0.05) is 26.7 Å². The summed E-state index contributed by atoms with van der Waals surface area (Å²) in [5.74, 6) is 1.80. The molecule has 0 bridgehead atoms. The number of thioether (sulfide) groups is 1. The minimum Gasteiger partial charge on any atom is -0.493 e. The fourth-order valence-corrected chi connectivity index (χ4v) is 3.92. The molecule has 108 valence electrons. The second-order valence-corrected chi connectivity index (χ2v) is 6.13. The van der Waals surface area contributed by atoms with E-state index in [0.29, 0.717) is 12.4 Å². The molecule has 0 saturated carbocycles. The number of carbonyl (C=O) groups is 1. The zero-order valence-corrected chi connectivity index (χ0v) is 12.4. The summed E-state index contributed by atoms with van der Waals surface area (Å²) >= 11 is 1.71. The van der Waals surface area contributed by atoms with Crippen LogP contribution in [0.5, 0.6) is 5.75 Å². The van der Waals surface area contributed by atoms with Crippen molar-refractivity contribution in [2.75, 3.05) is 32.6 Å². The van der Waals surface area contributed by atoms with Gasteiger partial charge in [-0.3, -0.25) is 4.79 Å². The van der Waals surface area contributed by atoms with Crippen LogP contribution in [0.1, 0.15) is 22.9 Å². The molecule has 3 rings (SSSR count). The van der Waals surface area contributed by atoms with Gasteiger partial charge in [-0.2, -0.15) is 0 Å². The Bertz CT molecular complexity index is 506. The van der Waals surface area contributed by atoms with E-state index in [9.17, 15) is 4.79 Å². The minimum absolute atomic E-state index is 0.144. The van der Waals surface area contributed by atoms with E-state index in [1.54, 1.807) is 18.9 Å². The highest BCUT2D eigenvalue weighted by Crippen LogP contribution is 2.40. The molecule has 0 aliphatic carbocycles. The molecule has 1 aromatic rings. The molecule has 1 aromatic carbocycles. The van der Waals surface area contributed by atoms with Gasteiger partial charge in [0.15, 0.2) is 0 Å². The van der Waals surface area contributed by atoms with Crippen molar-refractivity contribution in [2.45, 2.75) is 18.2 Å². The van der Waals surface area contributed by atoms with Crippen LogP contribution in [0, 0.1) is 0 Å². The van der Waals surface area contributed by atoms with Crippen LogP contribution in [0.3, 0.4) is 0 Å². The Balaban J connectivity index is 1.75. The standard InChI is InChI=1S/C15H19NO3S/c1-18-7-2-6-16-14(17)10-20-15(16)12-3-4-13-11(9-12)5-8-19-13/h3-4,9,15H,2,5-8,10H2,1H3. The topological polar surface area (TPSA) is 38.8 Å². The summed E-state index contributed by atoms with van der Waals surface area (Å²) in [6.07, 6.45) is 1.85. The molecule has 20 heavy (non-hydrogen) atoms. The van der Waals surface area contributed by atoms with Gasteiger partial charge >= 0.3 is 0 Å². The van der Waals surface area contributed by atoms with Crippen LogP contribution >= 0.6 is 11.8 Å².